The van der Waals surface area contributed by atoms with Gasteiger partial charge in [-0.2, -0.15) is 0 Å². The van der Waals surface area contributed by atoms with Crippen molar-refractivity contribution in [2.24, 2.45) is 0 Å². The lowest BCUT2D eigenvalue weighted by Gasteiger charge is -2.02. The van der Waals surface area contributed by atoms with Crippen LogP contribution in [-0.4, -0.2) is 31.6 Å². The van der Waals surface area contributed by atoms with Crippen molar-refractivity contribution in [1.29, 1.82) is 0 Å². The topological polar surface area (TPSA) is 98.9 Å². The molecule has 0 spiro atoms. The number of thiazole rings is 1. The average Bonchev–Trinajstić information content (AvgIpc) is 2.98. The van der Waals surface area contributed by atoms with Gasteiger partial charge in [0.25, 0.3) is 5.69 Å². The highest BCUT2D eigenvalue weighted by Crippen LogP contribution is 2.28. The zero-order chi connectivity index (χ0) is 18.7. The number of ketones is 1. The number of carbonyl (C=O) groups is 1. The Morgan fingerprint density at radius 1 is 1.15 bits per heavy atom. The van der Waals surface area contributed by atoms with E-state index < -0.39 is 4.92 Å². The highest BCUT2D eigenvalue weighted by molar-refractivity contribution is 7.99. The summed E-state index contributed by atoms with van der Waals surface area (Å²) in [5, 5.41) is 20.6. The van der Waals surface area contributed by atoms with Gasteiger partial charge in [0.05, 0.1) is 26.3 Å². The number of carbonyl (C=O) groups excluding carboxylic acids is 1. The van der Waals surface area contributed by atoms with Crippen LogP contribution in [-0.2, 0) is 0 Å². The molecular weight excluding hydrogens is 372 g/mol. The Hall–Kier alpha value is -2.65. The number of aromatic nitrogens is 3. The summed E-state index contributed by atoms with van der Waals surface area (Å²) in [6.07, 6.45) is 0. The number of thioether (sulfide) groups is 1. The second kappa shape index (κ2) is 7.71. The first kappa shape index (κ1) is 18.2. The number of aryl methyl sites for hydroxylation is 2. The molecule has 0 N–H and O–H groups in total. The first-order chi connectivity index (χ1) is 12.4. The van der Waals surface area contributed by atoms with E-state index in [1.807, 2.05) is 26.0 Å². The second-order valence-electron chi connectivity index (χ2n) is 5.42. The Kier molecular flexibility index (Phi) is 5.38. The molecule has 9 heteroatoms. The van der Waals surface area contributed by atoms with Gasteiger partial charge in [-0.3, -0.25) is 14.9 Å². The number of rotatable bonds is 6. The van der Waals surface area contributed by atoms with Gasteiger partial charge in [0.1, 0.15) is 10.7 Å². The molecule has 3 aromatic rings. The number of hydrogen-bond donors (Lipinski definition) is 0. The van der Waals surface area contributed by atoms with Crippen molar-refractivity contribution < 1.29 is 9.72 Å². The SMILES string of the molecule is Cc1nc(C)c(-c2ccc(SCC(=O)c3ccc([N+](=O)[O-])cc3)nn2)s1. The lowest BCUT2D eigenvalue weighted by molar-refractivity contribution is -0.384. The fourth-order valence-electron chi connectivity index (χ4n) is 2.28. The van der Waals surface area contributed by atoms with Gasteiger partial charge in [-0.25, -0.2) is 4.98 Å². The smallest absolute Gasteiger partial charge is 0.269 e. The first-order valence-electron chi connectivity index (χ1n) is 7.62. The van der Waals surface area contributed by atoms with Crippen LogP contribution in [0.15, 0.2) is 41.4 Å². The van der Waals surface area contributed by atoms with Gasteiger partial charge in [-0.1, -0.05) is 11.8 Å². The summed E-state index contributed by atoms with van der Waals surface area (Å²) in [6, 6.07) is 9.27. The van der Waals surface area contributed by atoms with Crippen LogP contribution in [0.5, 0.6) is 0 Å². The summed E-state index contributed by atoms with van der Waals surface area (Å²) in [7, 11) is 0. The van der Waals surface area contributed by atoms with E-state index in [4.69, 9.17) is 0 Å². The monoisotopic (exact) mass is 386 g/mol. The van der Waals surface area contributed by atoms with Gasteiger partial charge >= 0.3 is 0 Å². The highest BCUT2D eigenvalue weighted by atomic mass is 32.2. The van der Waals surface area contributed by atoms with Crippen LogP contribution in [0.3, 0.4) is 0 Å². The van der Waals surface area contributed by atoms with E-state index in [1.54, 1.807) is 11.3 Å². The van der Waals surface area contributed by atoms with Gasteiger partial charge in [0.2, 0.25) is 0 Å². The van der Waals surface area contributed by atoms with Crippen LogP contribution in [0.1, 0.15) is 21.1 Å². The molecule has 1 aromatic carbocycles. The van der Waals surface area contributed by atoms with Crippen molar-refractivity contribution in [2.75, 3.05) is 5.75 Å². The minimum Gasteiger partial charge on any atom is -0.293 e. The number of nitrogens with zero attached hydrogens (tertiary/aromatic N) is 4. The Labute approximate surface area is 157 Å². The Morgan fingerprint density at radius 2 is 1.88 bits per heavy atom. The molecule has 26 heavy (non-hydrogen) atoms. The third-order valence-electron chi connectivity index (χ3n) is 3.53. The maximum Gasteiger partial charge on any atom is 0.269 e. The average molecular weight is 386 g/mol. The van der Waals surface area contributed by atoms with Crippen molar-refractivity contribution in [2.45, 2.75) is 18.9 Å². The van der Waals surface area contributed by atoms with Gasteiger partial charge in [-0.15, -0.1) is 21.5 Å². The minimum atomic E-state index is -0.494. The van der Waals surface area contributed by atoms with E-state index in [0.717, 1.165) is 21.3 Å². The summed E-state index contributed by atoms with van der Waals surface area (Å²) in [5.41, 5.74) is 2.09. The number of benzene rings is 1. The van der Waals surface area contributed by atoms with E-state index >= 15 is 0 Å². The quantitative estimate of drug-likeness (QED) is 0.272. The molecule has 0 aliphatic heterocycles. The molecule has 2 heterocycles. The second-order valence-corrected chi connectivity index (χ2v) is 7.62. The summed E-state index contributed by atoms with van der Waals surface area (Å²) in [6.45, 7) is 3.88. The zero-order valence-electron chi connectivity index (χ0n) is 14.0. The van der Waals surface area contributed by atoms with Crippen LogP contribution in [0.2, 0.25) is 0 Å². The summed E-state index contributed by atoms with van der Waals surface area (Å²) < 4.78 is 0. The molecule has 0 unspecified atom stereocenters. The fraction of sp³-hybridized carbons (Fsp3) is 0.176. The zero-order valence-corrected chi connectivity index (χ0v) is 15.6. The lowest BCUT2D eigenvalue weighted by Crippen LogP contribution is -2.03. The molecule has 0 saturated carbocycles. The number of hydrogen-bond acceptors (Lipinski definition) is 8. The maximum absolute atomic E-state index is 12.2. The van der Waals surface area contributed by atoms with Gasteiger partial charge in [0, 0.05) is 17.7 Å². The molecule has 0 bridgehead atoms. The molecule has 2 aromatic heterocycles. The Balaban J connectivity index is 1.63. The van der Waals surface area contributed by atoms with Crippen molar-refractivity contribution in [3.8, 4) is 10.6 Å². The van der Waals surface area contributed by atoms with Crippen molar-refractivity contribution in [3.05, 3.63) is 62.8 Å². The predicted octanol–water partition coefficient (Wildman–Crippen LogP) is 4.10. The van der Waals surface area contributed by atoms with E-state index in [-0.39, 0.29) is 17.2 Å². The van der Waals surface area contributed by atoms with Crippen LogP contribution < -0.4 is 0 Å². The maximum atomic E-state index is 12.2. The van der Waals surface area contributed by atoms with Crippen LogP contribution >= 0.6 is 23.1 Å². The van der Waals surface area contributed by atoms with Crippen molar-refractivity contribution in [1.82, 2.24) is 15.2 Å². The molecular formula is C17H14N4O3S2. The highest BCUT2D eigenvalue weighted by Gasteiger charge is 2.12. The van der Waals surface area contributed by atoms with Crippen LogP contribution in [0.25, 0.3) is 10.6 Å². The normalized spacial score (nSPS) is 10.7. The van der Waals surface area contributed by atoms with Crippen molar-refractivity contribution >= 4 is 34.6 Å². The first-order valence-corrected chi connectivity index (χ1v) is 9.43. The van der Waals surface area contributed by atoms with Gasteiger partial charge < -0.3 is 0 Å². The predicted molar refractivity (Wildman–Crippen MR) is 101 cm³/mol. The largest absolute Gasteiger partial charge is 0.293 e. The summed E-state index contributed by atoms with van der Waals surface area (Å²) in [4.78, 5) is 27.7. The van der Waals surface area contributed by atoms with E-state index in [1.165, 1.54) is 36.0 Å². The van der Waals surface area contributed by atoms with E-state index in [2.05, 4.69) is 15.2 Å². The van der Waals surface area contributed by atoms with Crippen LogP contribution in [0.4, 0.5) is 5.69 Å². The number of nitro benzene ring substituents is 1. The Morgan fingerprint density at radius 3 is 2.42 bits per heavy atom. The molecule has 0 fully saturated rings. The number of Topliss-reactive ketones (excluding diaryl/α,β-unsaturated/α-hetero) is 1. The van der Waals surface area contributed by atoms with Gasteiger partial charge in [0.15, 0.2) is 5.78 Å². The van der Waals surface area contributed by atoms with Gasteiger partial charge in [-0.05, 0) is 38.1 Å². The minimum absolute atomic E-state index is 0.0377. The molecule has 0 atom stereocenters. The Bertz CT molecular complexity index is 953. The molecule has 3 rings (SSSR count). The molecule has 0 radical (unpaired) electrons. The molecule has 0 aliphatic carbocycles. The summed E-state index contributed by atoms with van der Waals surface area (Å²) >= 11 is 2.85. The molecule has 0 saturated heterocycles. The van der Waals surface area contributed by atoms with E-state index in [0.29, 0.717) is 10.6 Å². The van der Waals surface area contributed by atoms with Crippen LogP contribution in [0, 0.1) is 24.0 Å². The lowest BCUT2D eigenvalue weighted by atomic mass is 10.1. The summed E-state index contributed by atoms with van der Waals surface area (Å²) in [5.74, 6) is 0.0644. The fourth-order valence-corrected chi connectivity index (χ4v) is 3.87. The molecule has 7 nitrogen and oxygen atoms in total. The third-order valence-corrected chi connectivity index (χ3v) is 5.54. The molecule has 132 valence electrons. The molecule has 0 aliphatic rings. The van der Waals surface area contributed by atoms with Crippen molar-refractivity contribution in [3.63, 3.8) is 0 Å². The molecule has 0 amide bonds. The number of nitro groups is 1. The standard InChI is InChI=1S/C17H14N4O3S2/c1-10-17(26-11(2)18-10)14-7-8-16(20-19-14)25-9-15(22)12-3-5-13(6-4-12)21(23)24/h3-8H,9H2,1-2H3. The third kappa shape index (κ3) is 4.12. The van der Waals surface area contributed by atoms with E-state index in [9.17, 15) is 14.9 Å². The number of non-ortho nitro benzene ring substituents is 1.